The van der Waals surface area contributed by atoms with E-state index in [4.69, 9.17) is 5.73 Å². The fraction of sp³-hybridized carbons (Fsp3) is 0.333. The van der Waals surface area contributed by atoms with Crippen LogP contribution in [0.15, 0.2) is 50.2 Å². The Hall–Kier alpha value is -0.930. The van der Waals surface area contributed by atoms with Gasteiger partial charge in [-0.1, -0.05) is 33.6 Å². The second-order valence-corrected chi connectivity index (χ2v) is 10.1. The Morgan fingerprint density at radius 2 is 1.92 bits per heavy atom. The van der Waals surface area contributed by atoms with E-state index in [9.17, 15) is 8.42 Å². The van der Waals surface area contributed by atoms with Gasteiger partial charge in [-0.15, -0.1) is 0 Å². The summed E-state index contributed by atoms with van der Waals surface area (Å²) in [6, 6.07) is 10.7. The van der Waals surface area contributed by atoms with Crippen LogP contribution < -0.4 is 10.5 Å². The maximum Gasteiger partial charge on any atom is 0.240 e. The van der Waals surface area contributed by atoms with Gasteiger partial charge in [-0.3, -0.25) is 4.90 Å². The van der Waals surface area contributed by atoms with Gasteiger partial charge >= 0.3 is 0 Å². The van der Waals surface area contributed by atoms with Gasteiger partial charge in [0.15, 0.2) is 0 Å². The second-order valence-electron chi connectivity index (χ2n) is 6.62. The summed E-state index contributed by atoms with van der Waals surface area (Å²) in [7, 11) is -3.49. The molecule has 8 heteroatoms. The fourth-order valence-electron chi connectivity index (χ4n) is 3.09. The van der Waals surface area contributed by atoms with Crippen LogP contribution in [-0.4, -0.2) is 32.4 Å². The molecule has 26 heavy (non-hydrogen) atoms. The van der Waals surface area contributed by atoms with Crippen LogP contribution in [0.2, 0.25) is 0 Å². The smallest absolute Gasteiger partial charge is 0.240 e. The fourth-order valence-corrected chi connectivity index (χ4v) is 5.66. The number of nitrogens with two attached hydrogens (primary N) is 1. The van der Waals surface area contributed by atoms with Crippen molar-refractivity contribution < 1.29 is 8.42 Å². The maximum absolute atomic E-state index is 12.5. The van der Waals surface area contributed by atoms with Crippen LogP contribution in [-0.2, 0) is 16.6 Å². The molecule has 0 aliphatic carbocycles. The molecule has 0 bridgehead atoms. The Morgan fingerprint density at radius 3 is 2.62 bits per heavy atom. The molecule has 2 aromatic carbocycles. The predicted octanol–water partition coefficient (Wildman–Crippen LogP) is 3.66. The van der Waals surface area contributed by atoms with Crippen LogP contribution in [0.4, 0.5) is 5.69 Å². The average molecular weight is 503 g/mol. The van der Waals surface area contributed by atoms with Crippen molar-refractivity contribution in [2.75, 3.05) is 18.8 Å². The van der Waals surface area contributed by atoms with Crippen LogP contribution in [0.5, 0.6) is 0 Å². The lowest BCUT2D eigenvalue weighted by molar-refractivity contribution is 0.325. The summed E-state index contributed by atoms with van der Waals surface area (Å²) in [6.45, 7) is 4.11. The molecule has 0 radical (unpaired) electrons. The van der Waals surface area contributed by atoms with E-state index in [-0.39, 0.29) is 6.04 Å². The largest absolute Gasteiger partial charge is 0.398 e. The molecule has 3 N–H and O–H groups in total. The first-order chi connectivity index (χ1) is 12.2. The number of anilines is 1. The first kappa shape index (κ1) is 19.8. The Balaban J connectivity index is 1.65. The van der Waals surface area contributed by atoms with E-state index in [2.05, 4.69) is 41.5 Å². The number of nitrogens with zero attached hydrogens (tertiary/aromatic N) is 1. The topological polar surface area (TPSA) is 75.4 Å². The molecule has 1 fully saturated rings. The molecule has 0 spiro atoms. The average Bonchev–Trinajstić information content (AvgIpc) is 2.99. The summed E-state index contributed by atoms with van der Waals surface area (Å²) >= 11 is 6.95. The van der Waals surface area contributed by atoms with Gasteiger partial charge in [-0.05, 0) is 59.1 Å². The number of hydrogen-bond acceptors (Lipinski definition) is 4. The van der Waals surface area contributed by atoms with E-state index < -0.39 is 10.0 Å². The van der Waals surface area contributed by atoms with Crippen LogP contribution >= 0.6 is 31.9 Å². The number of likely N-dealkylation sites (tertiary alicyclic amines) is 1. The van der Waals surface area contributed by atoms with E-state index in [1.165, 1.54) is 0 Å². The van der Waals surface area contributed by atoms with E-state index >= 15 is 0 Å². The van der Waals surface area contributed by atoms with Gasteiger partial charge in [0.1, 0.15) is 0 Å². The first-order valence-electron chi connectivity index (χ1n) is 8.29. The SMILES string of the molecule is Cc1ccc(S(=O)(=O)N[C@@H]2CCN(Cc3cc(Br)cc(Br)c3N)C2)cc1. The van der Waals surface area contributed by atoms with Gasteiger partial charge in [0.05, 0.1) is 10.6 Å². The summed E-state index contributed by atoms with van der Waals surface area (Å²) in [5.74, 6) is 0. The number of benzene rings is 2. The lowest BCUT2D eigenvalue weighted by Gasteiger charge is -2.18. The van der Waals surface area contributed by atoms with Crippen LogP contribution in [0.25, 0.3) is 0 Å². The normalized spacial score (nSPS) is 18.3. The molecular weight excluding hydrogens is 482 g/mol. The molecule has 1 heterocycles. The van der Waals surface area contributed by atoms with Gasteiger partial charge in [-0.25, -0.2) is 13.1 Å². The van der Waals surface area contributed by atoms with Crippen molar-refractivity contribution in [1.82, 2.24) is 9.62 Å². The van der Waals surface area contributed by atoms with Gasteiger partial charge in [0.2, 0.25) is 10.0 Å². The Kier molecular flexibility index (Phi) is 6.08. The van der Waals surface area contributed by atoms with Crippen LogP contribution in [0.1, 0.15) is 17.5 Å². The molecule has 3 rings (SSSR count). The summed E-state index contributed by atoms with van der Waals surface area (Å²) in [6.07, 6.45) is 0.778. The molecule has 1 saturated heterocycles. The van der Waals surface area contributed by atoms with Gasteiger partial charge in [-0.2, -0.15) is 0 Å². The van der Waals surface area contributed by atoms with Crippen molar-refractivity contribution in [2.45, 2.75) is 30.8 Å². The molecule has 2 aromatic rings. The minimum atomic E-state index is -3.49. The third-order valence-corrected chi connectivity index (χ3v) is 7.15. The van der Waals surface area contributed by atoms with Crippen LogP contribution in [0.3, 0.4) is 0 Å². The highest BCUT2D eigenvalue weighted by molar-refractivity contribution is 9.11. The molecule has 140 valence electrons. The van der Waals surface area contributed by atoms with Crippen molar-refractivity contribution >= 4 is 47.6 Å². The summed E-state index contributed by atoms with van der Waals surface area (Å²) in [5, 5.41) is 0. The Morgan fingerprint density at radius 1 is 1.23 bits per heavy atom. The van der Waals surface area contributed by atoms with E-state index in [1.54, 1.807) is 12.1 Å². The monoisotopic (exact) mass is 501 g/mol. The van der Waals surface area contributed by atoms with Gasteiger partial charge in [0, 0.05) is 34.6 Å². The zero-order chi connectivity index (χ0) is 18.9. The molecule has 1 aliphatic rings. The summed E-state index contributed by atoms with van der Waals surface area (Å²) in [4.78, 5) is 2.52. The molecular formula is C18H21Br2N3O2S. The Bertz CT molecular complexity index is 901. The summed E-state index contributed by atoms with van der Waals surface area (Å²) in [5.41, 5.74) is 8.93. The summed E-state index contributed by atoms with van der Waals surface area (Å²) < 4.78 is 29.7. The zero-order valence-corrected chi connectivity index (χ0v) is 18.4. The highest BCUT2D eigenvalue weighted by atomic mass is 79.9. The van der Waals surface area contributed by atoms with E-state index in [1.807, 2.05) is 31.2 Å². The quantitative estimate of drug-likeness (QED) is 0.612. The number of sulfonamides is 1. The molecule has 1 atom stereocenters. The minimum Gasteiger partial charge on any atom is -0.398 e. The van der Waals surface area contributed by atoms with Gasteiger partial charge < -0.3 is 5.73 Å². The standard InChI is InChI=1S/C18H21Br2N3O2S/c1-12-2-4-16(5-3-12)26(24,25)22-15-6-7-23(11-15)10-13-8-14(19)9-17(20)18(13)21/h2-5,8-9,15,22H,6-7,10-11,21H2,1H3/t15-/m1/s1. The number of hydrogen-bond donors (Lipinski definition) is 2. The molecule has 0 amide bonds. The predicted molar refractivity (Wildman–Crippen MR) is 111 cm³/mol. The molecule has 5 nitrogen and oxygen atoms in total. The Labute approximate surface area is 171 Å². The van der Waals surface area contributed by atoms with E-state index in [0.29, 0.717) is 18.0 Å². The van der Waals surface area contributed by atoms with Crippen molar-refractivity contribution in [3.8, 4) is 0 Å². The minimum absolute atomic E-state index is 0.0990. The highest BCUT2D eigenvalue weighted by Crippen LogP contribution is 2.30. The molecule has 0 aromatic heterocycles. The number of nitrogens with one attached hydrogen (secondary N) is 1. The molecule has 1 aliphatic heterocycles. The third kappa shape index (κ3) is 4.67. The van der Waals surface area contributed by atoms with Crippen molar-refractivity contribution in [3.05, 3.63) is 56.5 Å². The molecule has 0 saturated carbocycles. The maximum atomic E-state index is 12.5. The van der Waals surface area contributed by atoms with Crippen molar-refractivity contribution in [3.63, 3.8) is 0 Å². The van der Waals surface area contributed by atoms with Crippen LogP contribution in [0, 0.1) is 6.92 Å². The number of nitrogen functional groups attached to an aromatic ring is 1. The lowest BCUT2D eigenvalue weighted by atomic mass is 10.2. The van der Waals surface area contributed by atoms with Crippen molar-refractivity contribution in [2.24, 2.45) is 0 Å². The van der Waals surface area contributed by atoms with Crippen molar-refractivity contribution in [1.29, 1.82) is 0 Å². The second kappa shape index (κ2) is 7.98. The lowest BCUT2D eigenvalue weighted by Crippen LogP contribution is -2.37. The van der Waals surface area contributed by atoms with Gasteiger partial charge in [0.25, 0.3) is 0 Å². The highest BCUT2D eigenvalue weighted by Gasteiger charge is 2.27. The molecule has 0 unspecified atom stereocenters. The van der Waals surface area contributed by atoms with E-state index in [0.717, 1.165) is 38.7 Å². The number of rotatable bonds is 5. The zero-order valence-electron chi connectivity index (χ0n) is 14.4. The number of aryl methyl sites for hydroxylation is 1. The third-order valence-electron chi connectivity index (χ3n) is 4.50. The number of halogens is 2. The first-order valence-corrected chi connectivity index (χ1v) is 11.4.